The number of nitro groups is 1. The van der Waals surface area contributed by atoms with E-state index in [1.54, 1.807) is 60.7 Å². The fourth-order valence-electron chi connectivity index (χ4n) is 2.04. The van der Waals surface area contributed by atoms with Crippen molar-refractivity contribution in [1.82, 2.24) is 5.06 Å². The summed E-state index contributed by atoms with van der Waals surface area (Å²) in [4.78, 5) is 22.3. The Bertz CT molecular complexity index is 648. The van der Waals surface area contributed by atoms with E-state index in [9.17, 15) is 20.1 Å². The van der Waals surface area contributed by atoms with Gasteiger partial charge >= 0.3 is 0 Å². The van der Waals surface area contributed by atoms with E-state index >= 15 is 0 Å². The molecule has 0 fully saturated rings. The van der Waals surface area contributed by atoms with Gasteiger partial charge in [-0.3, -0.25) is 20.1 Å². The van der Waals surface area contributed by atoms with Gasteiger partial charge < -0.3 is 4.74 Å². The van der Waals surface area contributed by atoms with Crippen molar-refractivity contribution in [3.05, 3.63) is 76.3 Å². The molecule has 0 saturated heterocycles. The zero-order chi connectivity index (χ0) is 16.7. The topological polar surface area (TPSA) is 92.9 Å². The summed E-state index contributed by atoms with van der Waals surface area (Å²) in [6.45, 7) is -1.01. The molecule has 0 spiro atoms. The van der Waals surface area contributed by atoms with E-state index in [1.165, 1.54) is 0 Å². The summed E-state index contributed by atoms with van der Waals surface area (Å²) in [7, 11) is 0. The summed E-state index contributed by atoms with van der Waals surface area (Å²) >= 11 is 0. The Labute approximate surface area is 132 Å². The van der Waals surface area contributed by atoms with Crippen LogP contribution in [-0.2, 0) is 4.79 Å². The molecule has 0 aliphatic rings. The van der Waals surface area contributed by atoms with Gasteiger partial charge in [0.25, 0.3) is 5.91 Å². The van der Waals surface area contributed by atoms with Gasteiger partial charge in [0, 0.05) is 4.92 Å². The molecule has 0 radical (unpaired) electrons. The number of hydrogen-bond donors (Lipinski definition) is 1. The van der Waals surface area contributed by atoms with Crippen molar-refractivity contribution in [2.24, 2.45) is 0 Å². The smallest absolute Gasteiger partial charge is 0.284 e. The molecule has 7 nitrogen and oxygen atoms in total. The molecule has 0 aromatic heterocycles. The Morgan fingerprint density at radius 2 is 1.70 bits per heavy atom. The molecule has 120 valence electrons. The van der Waals surface area contributed by atoms with Gasteiger partial charge in [0.1, 0.15) is 11.8 Å². The minimum absolute atomic E-state index is 0.362. The first-order valence-electron chi connectivity index (χ1n) is 6.93. The van der Waals surface area contributed by atoms with E-state index in [4.69, 9.17) is 4.74 Å². The van der Waals surface area contributed by atoms with Crippen LogP contribution in [0, 0.1) is 10.1 Å². The number of carbonyl (C=O) groups is 1. The lowest BCUT2D eigenvalue weighted by Crippen LogP contribution is -2.38. The summed E-state index contributed by atoms with van der Waals surface area (Å²) in [5.74, 6) is -0.288. The number of nitrogens with zero attached hydrogens (tertiary/aromatic N) is 2. The number of para-hydroxylation sites is 1. The maximum Gasteiger partial charge on any atom is 0.284 e. The quantitative estimate of drug-likeness (QED) is 0.480. The van der Waals surface area contributed by atoms with Crippen LogP contribution < -0.4 is 4.74 Å². The summed E-state index contributed by atoms with van der Waals surface area (Å²) < 4.78 is 5.26. The molecule has 0 bridgehead atoms. The van der Waals surface area contributed by atoms with Gasteiger partial charge in [0.15, 0.2) is 6.61 Å². The third kappa shape index (κ3) is 4.79. The monoisotopic (exact) mass is 316 g/mol. The first-order chi connectivity index (χ1) is 11.1. The lowest BCUT2D eigenvalue weighted by atomic mass is 10.1. The molecule has 7 heteroatoms. The van der Waals surface area contributed by atoms with Gasteiger partial charge in [-0.25, -0.2) is 5.06 Å². The highest BCUT2D eigenvalue weighted by Gasteiger charge is 2.28. The molecule has 1 N–H and O–H groups in total. The SMILES string of the molecule is O=C(COc1ccccc1)N(O)C(C[N+](=O)[O-])c1ccccc1. The van der Waals surface area contributed by atoms with Gasteiger partial charge in [-0.15, -0.1) is 0 Å². The first kappa shape index (κ1) is 16.4. The van der Waals surface area contributed by atoms with E-state index < -0.39 is 30.0 Å². The highest BCUT2D eigenvalue weighted by molar-refractivity contribution is 5.77. The van der Waals surface area contributed by atoms with Crippen LogP contribution >= 0.6 is 0 Å². The fourth-order valence-corrected chi connectivity index (χ4v) is 2.04. The molecule has 2 aromatic carbocycles. The Hall–Kier alpha value is -2.93. The number of rotatable bonds is 7. The van der Waals surface area contributed by atoms with Crippen LogP contribution in [-0.4, -0.2) is 34.3 Å². The van der Waals surface area contributed by atoms with Gasteiger partial charge in [0.2, 0.25) is 6.54 Å². The molecule has 0 aliphatic carbocycles. The lowest BCUT2D eigenvalue weighted by Gasteiger charge is -2.23. The second-order valence-corrected chi connectivity index (χ2v) is 4.78. The molecule has 0 saturated carbocycles. The molecule has 1 unspecified atom stereocenters. The third-order valence-corrected chi connectivity index (χ3v) is 3.16. The second-order valence-electron chi connectivity index (χ2n) is 4.78. The summed E-state index contributed by atoms with van der Waals surface area (Å²) in [6.07, 6.45) is 0. The highest BCUT2D eigenvalue weighted by Crippen LogP contribution is 2.20. The molecular formula is C16H16N2O5. The van der Waals surface area contributed by atoms with E-state index in [-0.39, 0.29) is 0 Å². The highest BCUT2D eigenvalue weighted by atomic mass is 16.6. The van der Waals surface area contributed by atoms with Gasteiger partial charge in [-0.2, -0.15) is 0 Å². The van der Waals surface area contributed by atoms with Crippen molar-refractivity contribution in [2.45, 2.75) is 6.04 Å². The van der Waals surface area contributed by atoms with Crippen molar-refractivity contribution < 1.29 is 19.7 Å². The van der Waals surface area contributed by atoms with Gasteiger partial charge in [-0.05, 0) is 17.7 Å². The van der Waals surface area contributed by atoms with Crippen LogP contribution in [0.2, 0.25) is 0 Å². The number of carbonyl (C=O) groups excluding carboxylic acids is 1. The van der Waals surface area contributed by atoms with E-state index in [0.29, 0.717) is 16.4 Å². The van der Waals surface area contributed by atoms with Crippen LogP contribution in [0.1, 0.15) is 11.6 Å². The molecule has 0 aliphatic heterocycles. The lowest BCUT2D eigenvalue weighted by molar-refractivity contribution is -0.491. The molecule has 2 rings (SSSR count). The van der Waals surface area contributed by atoms with Crippen LogP contribution in [0.15, 0.2) is 60.7 Å². The Balaban J connectivity index is 2.05. The van der Waals surface area contributed by atoms with Crippen molar-refractivity contribution in [1.29, 1.82) is 0 Å². The molecule has 2 aromatic rings. The summed E-state index contributed by atoms with van der Waals surface area (Å²) in [5.41, 5.74) is 0.472. The normalized spacial score (nSPS) is 11.5. The van der Waals surface area contributed by atoms with Gasteiger partial charge in [-0.1, -0.05) is 48.5 Å². The largest absolute Gasteiger partial charge is 0.484 e. The summed E-state index contributed by atoms with van der Waals surface area (Å²) in [6, 6.07) is 15.9. The average molecular weight is 316 g/mol. The minimum Gasteiger partial charge on any atom is -0.484 e. The molecule has 0 heterocycles. The first-order valence-corrected chi connectivity index (χ1v) is 6.93. The van der Waals surface area contributed by atoms with Crippen LogP contribution in [0.25, 0.3) is 0 Å². The third-order valence-electron chi connectivity index (χ3n) is 3.16. The molecule has 1 atom stereocenters. The number of hydroxylamine groups is 2. The number of benzene rings is 2. The Kier molecular flexibility index (Phi) is 5.65. The predicted octanol–water partition coefficient (Wildman–Crippen LogP) is 2.30. The summed E-state index contributed by atoms with van der Waals surface area (Å²) in [5, 5.41) is 21.2. The molecule has 23 heavy (non-hydrogen) atoms. The Morgan fingerprint density at radius 1 is 1.13 bits per heavy atom. The van der Waals surface area contributed by atoms with Crippen molar-refractivity contribution in [3.8, 4) is 5.75 Å². The van der Waals surface area contributed by atoms with Crippen LogP contribution in [0.3, 0.4) is 0 Å². The van der Waals surface area contributed by atoms with Crippen molar-refractivity contribution in [3.63, 3.8) is 0 Å². The van der Waals surface area contributed by atoms with Crippen molar-refractivity contribution in [2.75, 3.05) is 13.2 Å². The number of amides is 1. The second kappa shape index (κ2) is 7.90. The maximum absolute atomic E-state index is 12.0. The minimum atomic E-state index is -1.07. The van der Waals surface area contributed by atoms with Gasteiger partial charge in [0.05, 0.1) is 0 Å². The zero-order valence-corrected chi connectivity index (χ0v) is 12.2. The van der Waals surface area contributed by atoms with E-state index in [0.717, 1.165) is 0 Å². The standard InChI is InChI=1S/C16H16N2O5/c19-16(12-23-14-9-5-2-6-10-14)18(22)15(11-17(20)21)13-7-3-1-4-8-13/h1-10,15,22H,11-12H2. The molecular weight excluding hydrogens is 300 g/mol. The van der Waals surface area contributed by atoms with Crippen LogP contribution in [0.4, 0.5) is 0 Å². The van der Waals surface area contributed by atoms with E-state index in [2.05, 4.69) is 0 Å². The number of hydrogen-bond acceptors (Lipinski definition) is 5. The predicted molar refractivity (Wildman–Crippen MR) is 81.6 cm³/mol. The average Bonchev–Trinajstić information content (AvgIpc) is 2.58. The molecule has 1 amide bonds. The van der Waals surface area contributed by atoms with Crippen LogP contribution in [0.5, 0.6) is 5.75 Å². The van der Waals surface area contributed by atoms with Crippen molar-refractivity contribution >= 4 is 5.91 Å². The fraction of sp³-hybridized carbons (Fsp3) is 0.188. The number of ether oxygens (including phenoxy) is 1. The maximum atomic E-state index is 12.0. The Morgan fingerprint density at radius 3 is 2.26 bits per heavy atom. The zero-order valence-electron chi connectivity index (χ0n) is 12.2. The van der Waals surface area contributed by atoms with E-state index in [1.807, 2.05) is 0 Å².